The smallest absolute Gasteiger partial charge is 0.243 e. The van der Waals surface area contributed by atoms with Gasteiger partial charge in [-0.15, -0.1) is 0 Å². The van der Waals surface area contributed by atoms with Gasteiger partial charge in [-0.05, 0) is 39.9 Å². The van der Waals surface area contributed by atoms with Crippen molar-refractivity contribution >= 4 is 31.6 Å². The second kappa shape index (κ2) is 5.76. The van der Waals surface area contributed by atoms with Crippen LogP contribution >= 0.6 is 15.9 Å². The topological polar surface area (TPSA) is 72.2 Å². The van der Waals surface area contributed by atoms with Gasteiger partial charge in [0.2, 0.25) is 10.0 Å². The summed E-state index contributed by atoms with van der Waals surface area (Å²) in [5, 5.41) is 0. The lowest BCUT2D eigenvalue weighted by molar-refractivity contribution is 0.350. The number of nitrogen functional groups attached to an aromatic ring is 1. The van der Waals surface area contributed by atoms with Crippen LogP contribution in [0.15, 0.2) is 21.5 Å². The molecule has 0 atom stereocenters. The van der Waals surface area contributed by atoms with Gasteiger partial charge >= 0.3 is 0 Å². The average molecular weight is 353 g/mol. The van der Waals surface area contributed by atoms with E-state index in [1.54, 1.807) is 0 Å². The number of hydrogen-bond donors (Lipinski definition) is 2. The van der Waals surface area contributed by atoms with Crippen LogP contribution in [0.1, 0.15) is 27.2 Å². The highest BCUT2D eigenvalue weighted by Crippen LogP contribution is 2.26. The molecule has 108 valence electrons. The molecule has 0 radical (unpaired) electrons. The maximum atomic E-state index is 13.9. The predicted molar refractivity (Wildman–Crippen MR) is 77.8 cm³/mol. The number of halogens is 2. The minimum atomic E-state index is -3.91. The van der Waals surface area contributed by atoms with Crippen LogP contribution in [-0.4, -0.2) is 15.0 Å². The summed E-state index contributed by atoms with van der Waals surface area (Å²) in [6.07, 6.45) is 0.804. The molecule has 0 fully saturated rings. The van der Waals surface area contributed by atoms with Crippen LogP contribution in [0.25, 0.3) is 0 Å². The Labute approximate surface area is 121 Å². The highest BCUT2D eigenvalue weighted by molar-refractivity contribution is 9.10. The maximum absolute atomic E-state index is 13.9. The van der Waals surface area contributed by atoms with E-state index in [0.29, 0.717) is 0 Å². The Morgan fingerprint density at radius 3 is 2.53 bits per heavy atom. The number of sulfonamides is 1. The average Bonchev–Trinajstić information content (AvgIpc) is 2.31. The summed E-state index contributed by atoms with van der Waals surface area (Å²) in [5.74, 6) is -0.837. The van der Waals surface area contributed by atoms with E-state index < -0.39 is 20.7 Å². The van der Waals surface area contributed by atoms with Crippen molar-refractivity contribution in [2.45, 2.75) is 32.1 Å². The number of anilines is 1. The first kappa shape index (κ1) is 16.4. The zero-order valence-electron chi connectivity index (χ0n) is 11.1. The van der Waals surface area contributed by atoms with Crippen LogP contribution in [0.4, 0.5) is 10.1 Å². The fourth-order valence-corrected chi connectivity index (χ4v) is 3.25. The van der Waals surface area contributed by atoms with Crippen LogP contribution < -0.4 is 10.5 Å². The van der Waals surface area contributed by atoms with Gasteiger partial charge in [-0.3, -0.25) is 0 Å². The third kappa shape index (κ3) is 4.15. The van der Waals surface area contributed by atoms with Crippen molar-refractivity contribution in [3.63, 3.8) is 0 Å². The van der Waals surface area contributed by atoms with Crippen LogP contribution in [0.5, 0.6) is 0 Å². The van der Waals surface area contributed by atoms with E-state index in [-0.39, 0.29) is 22.1 Å². The number of nitrogens with one attached hydrogen (secondary N) is 1. The molecule has 4 nitrogen and oxygen atoms in total. The fraction of sp³-hybridized carbons (Fsp3) is 0.500. The Bertz CT molecular complexity index is 573. The van der Waals surface area contributed by atoms with Gasteiger partial charge in [0.1, 0.15) is 4.90 Å². The standard InChI is InChI=1S/C12H18BrFN2O2S/c1-4-12(2,3)7-16-19(17,18)10-6-8(15)5-9(13)11(10)14/h5-6,16H,4,7,15H2,1-3H3. The van der Waals surface area contributed by atoms with E-state index >= 15 is 0 Å². The van der Waals surface area contributed by atoms with Crippen LogP contribution in [0.2, 0.25) is 0 Å². The highest BCUT2D eigenvalue weighted by Gasteiger charge is 2.24. The molecule has 0 saturated carbocycles. The SMILES string of the molecule is CCC(C)(C)CNS(=O)(=O)c1cc(N)cc(Br)c1F. The molecule has 7 heteroatoms. The second-order valence-electron chi connectivity index (χ2n) is 5.16. The molecule has 0 heterocycles. The van der Waals surface area contributed by atoms with Crippen molar-refractivity contribution in [3.05, 3.63) is 22.4 Å². The fourth-order valence-electron chi connectivity index (χ4n) is 1.27. The summed E-state index contributed by atoms with van der Waals surface area (Å²) in [5.41, 5.74) is 5.53. The van der Waals surface area contributed by atoms with Gasteiger partial charge < -0.3 is 5.73 Å². The van der Waals surface area contributed by atoms with E-state index in [0.717, 1.165) is 12.5 Å². The normalized spacial score (nSPS) is 12.7. The summed E-state index contributed by atoms with van der Waals surface area (Å²) < 4.78 is 40.5. The van der Waals surface area contributed by atoms with Crippen molar-refractivity contribution in [2.24, 2.45) is 5.41 Å². The van der Waals surface area contributed by atoms with Gasteiger partial charge in [0, 0.05) is 12.2 Å². The number of rotatable bonds is 5. The molecule has 1 aromatic rings. The predicted octanol–water partition coefficient (Wildman–Crippen LogP) is 2.88. The van der Waals surface area contributed by atoms with Crippen LogP contribution in [0.3, 0.4) is 0 Å². The summed E-state index contributed by atoms with van der Waals surface area (Å²) in [4.78, 5) is -0.439. The third-order valence-corrected chi connectivity index (χ3v) is 4.98. The van der Waals surface area contributed by atoms with Gasteiger partial charge in [-0.1, -0.05) is 20.8 Å². The highest BCUT2D eigenvalue weighted by atomic mass is 79.9. The molecule has 1 aromatic carbocycles. The van der Waals surface area contributed by atoms with E-state index in [1.165, 1.54) is 6.07 Å². The van der Waals surface area contributed by atoms with Crippen LogP contribution in [-0.2, 0) is 10.0 Å². The molecule has 0 aliphatic heterocycles. The van der Waals surface area contributed by atoms with Crippen molar-refractivity contribution in [2.75, 3.05) is 12.3 Å². The van der Waals surface area contributed by atoms with E-state index in [2.05, 4.69) is 20.7 Å². The molecule has 0 aromatic heterocycles. The van der Waals surface area contributed by atoms with E-state index in [4.69, 9.17) is 5.73 Å². The van der Waals surface area contributed by atoms with E-state index in [9.17, 15) is 12.8 Å². The third-order valence-electron chi connectivity index (χ3n) is 3.00. The van der Waals surface area contributed by atoms with Gasteiger partial charge in [0.25, 0.3) is 0 Å². The number of hydrogen-bond acceptors (Lipinski definition) is 3. The minimum absolute atomic E-state index is 0.0302. The van der Waals surface area contributed by atoms with Gasteiger partial charge in [0.05, 0.1) is 4.47 Å². The maximum Gasteiger partial charge on any atom is 0.243 e. The second-order valence-corrected chi connectivity index (χ2v) is 7.75. The number of nitrogens with two attached hydrogens (primary N) is 1. The largest absolute Gasteiger partial charge is 0.399 e. The van der Waals surface area contributed by atoms with Crippen molar-refractivity contribution < 1.29 is 12.8 Å². The molecule has 0 bridgehead atoms. The van der Waals surface area contributed by atoms with Crippen LogP contribution in [0, 0.1) is 11.2 Å². The Morgan fingerprint density at radius 2 is 2.00 bits per heavy atom. The van der Waals surface area contributed by atoms with Gasteiger partial charge in [-0.2, -0.15) is 0 Å². The quantitative estimate of drug-likeness (QED) is 0.800. The minimum Gasteiger partial charge on any atom is -0.399 e. The first-order valence-corrected chi connectivity index (χ1v) is 8.11. The number of benzene rings is 1. The molecule has 3 N–H and O–H groups in total. The van der Waals surface area contributed by atoms with Gasteiger partial charge in [0.15, 0.2) is 5.82 Å². The molecule has 0 spiro atoms. The van der Waals surface area contributed by atoms with Crippen molar-refractivity contribution in [1.29, 1.82) is 0 Å². The first-order valence-electron chi connectivity index (χ1n) is 5.83. The Hall–Kier alpha value is -0.660. The molecular weight excluding hydrogens is 335 g/mol. The molecule has 0 unspecified atom stereocenters. The van der Waals surface area contributed by atoms with Crippen molar-refractivity contribution in [1.82, 2.24) is 4.72 Å². The molecule has 1 rings (SSSR count). The lowest BCUT2D eigenvalue weighted by Crippen LogP contribution is -2.34. The molecule has 0 aliphatic carbocycles. The Kier molecular flexibility index (Phi) is 4.97. The molecular formula is C12H18BrFN2O2S. The molecule has 19 heavy (non-hydrogen) atoms. The van der Waals surface area contributed by atoms with E-state index in [1.807, 2.05) is 20.8 Å². The Balaban J connectivity index is 3.08. The van der Waals surface area contributed by atoms with Crippen molar-refractivity contribution in [3.8, 4) is 0 Å². The zero-order chi connectivity index (χ0) is 14.8. The summed E-state index contributed by atoms with van der Waals surface area (Å²) in [6.45, 7) is 6.06. The first-order chi connectivity index (χ1) is 8.59. The molecule has 0 saturated heterocycles. The van der Waals surface area contributed by atoms with Gasteiger partial charge in [-0.25, -0.2) is 17.5 Å². The zero-order valence-corrected chi connectivity index (χ0v) is 13.5. The lowest BCUT2D eigenvalue weighted by atomic mass is 9.91. The molecule has 0 aliphatic rings. The Morgan fingerprint density at radius 1 is 1.42 bits per heavy atom. The summed E-state index contributed by atoms with van der Waals surface area (Å²) in [6, 6.07) is 2.44. The monoisotopic (exact) mass is 352 g/mol. The lowest BCUT2D eigenvalue weighted by Gasteiger charge is -2.23. The summed E-state index contributed by atoms with van der Waals surface area (Å²) >= 11 is 2.95. The molecule has 0 amide bonds. The summed E-state index contributed by atoms with van der Waals surface area (Å²) in [7, 11) is -3.91.